The minimum Gasteiger partial charge on any atom is -0.480 e. The molecular formula is C12H21NO2. The van der Waals surface area contributed by atoms with Gasteiger partial charge in [-0.3, -0.25) is 9.69 Å². The number of likely N-dealkylation sites (tertiary alicyclic amines) is 1. The lowest BCUT2D eigenvalue weighted by Gasteiger charge is -2.34. The van der Waals surface area contributed by atoms with E-state index in [1.807, 2.05) is 7.05 Å². The Balaban J connectivity index is 2.04. The molecule has 1 saturated carbocycles. The Hall–Kier alpha value is -0.570. The second-order valence-electron chi connectivity index (χ2n) is 5.17. The molecule has 1 aliphatic heterocycles. The van der Waals surface area contributed by atoms with Crippen molar-refractivity contribution in [3.63, 3.8) is 0 Å². The lowest BCUT2D eigenvalue weighted by molar-refractivity contribution is -0.142. The highest BCUT2D eigenvalue weighted by atomic mass is 16.4. The van der Waals surface area contributed by atoms with Gasteiger partial charge in [0.2, 0.25) is 0 Å². The highest BCUT2D eigenvalue weighted by molar-refractivity contribution is 5.74. The summed E-state index contributed by atoms with van der Waals surface area (Å²) < 4.78 is 0. The average Bonchev–Trinajstić information content (AvgIpc) is 2.55. The standard InChI is InChI=1S/C12H21NO2/c1-3-8-4-5-10-9(6-8)7-11(12(14)15)13(10)2/h8-11H,3-7H2,1-2H3,(H,14,15). The quantitative estimate of drug-likeness (QED) is 0.759. The van der Waals surface area contributed by atoms with Gasteiger partial charge < -0.3 is 5.11 Å². The van der Waals surface area contributed by atoms with Crippen molar-refractivity contribution < 1.29 is 9.90 Å². The first kappa shape index (κ1) is 10.9. The molecule has 0 aromatic carbocycles. The molecule has 1 heterocycles. The predicted octanol–water partition coefficient (Wildman–Crippen LogP) is 1.97. The Morgan fingerprint density at radius 2 is 2.13 bits per heavy atom. The summed E-state index contributed by atoms with van der Waals surface area (Å²) in [6.45, 7) is 2.25. The van der Waals surface area contributed by atoms with Crippen LogP contribution in [-0.2, 0) is 4.79 Å². The van der Waals surface area contributed by atoms with Crippen molar-refractivity contribution in [2.45, 2.75) is 51.1 Å². The molecule has 0 amide bonds. The van der Waals surface area contributed by atoms with Crippen LogP contribution in [0.15, 0.2) is 0 Å². The van der Waals surface area contributed by atoms with Crippen molar-refractivity contribution in [2.75, 3.05) is 7.05 Å². The van der Waals surface area contributed by atoms with Gasteiger partial charge in [-0.1, -0.05) is 13.3 Å². The van der Waals surface area contributed by atoms with Gasteiger partial charge in [-0.15, -0.1) is 0 Å². The maximum Gasteiger partial charge on any atom is 0.320 e. The lowest BCUT2D eigenvalue weighted by atomic mass is 9.77. The first-order chi connectivity index (χ1) is 7.13. The van der Waals surface area contributed by atoms with Crippen molar-refractivity contribution in [3.05, 3.63) is 0 Å². The zero-order valence-corrected chi connectivity index (χ0v) is 9.65. The minimum atomic E-state index is -0.639. The van der Waals surface area contributed by atoms with Gasteiger partial charge in [-0.25, -0.2) is 0 Å². The molecule has 0 radical (unpaired) electrons. The van der Waals surface area contributed by atoms with E-state index in [1.54, 1.807) is 0 Å². The first-order valence-electron chi connectivity index (χ1n) is 6.08. The third kappa shape index (κ3) is 1.89. The molecule has 4 unspecified atom stereocenters. The van der Waals surface area contributed by atoms with Crippen molar-refractivity contribution in [3.8, 4) is 0 Å². The van der Waals surface area contributed by atoms with E-state index in [2.05, 4.69) is 11.8 Å². The van der Waals surface area contributed by atoms with E-state index in [0.717, 1.165) is 12.3 Å². The van der Waals surface area contributed by atoms with E-state index >= 15 is 0 Å². The molecule has 1 aliphatic carbocycles. The fraction of sp³-hybridized carbons (Fsp3) is 0.917. The predicted molar refractivity (Wildman–Crippen MR) is 58.7 cm³/mol. The number of rotatable bonds is 2. The second-order valence-corrected chi connectivity index (χ2v) is 5.17. The highest BCUT2D eigenvalue weighted by Crippen LogP contribution is 2.41. The number of hydrogen-bond donors (Lipinski definition) is 1. The van der Waals surface area contributed by atoms with Gasteiger partial charge in [0.05, 0.1) is 0 Å². The fourth-order valence-corrected chi connectivity index (χ4v) is 3.46. The van der Waals surface area contributed by atoms with Crippen LogP contribution in [0.4, 0.5) is 0 Å². The van der Waals surface area contributed by atoms with Crippen LogP contribution in [0.3, 0.4) is 0 Å². The maximum absolute atomic E-state index is 11.1. The number of carboxylic acids is 1. The number of carboxylic acid groups (broad SMARTS) is 1. The molecule has 2 rings (SSSR count). The Morgan fingerprint density at radius 3 is 2.73 bits per heavy atom. The number of carbonyl (C=O) groups is 1. The van der Waals surface area contributed by atoms with Crippen molar-refractivity contribution in [2.24, 2.45) is 11.8 Å². The Morgan fingerprint density at radius 1 is 1.40 bits per heavy atom. The zero-order chi connectivity index (χ0) is 11.0. The second kappa shape index (κ2) is 4.12. The molecular weight excluding hydrogens is 190 g/mol. The fourth-order valence-electron chi connectivity index (χ4n) is 3.46. The summed E-state index contributed by atoms with van der Waals surface area (Å²) in [5.41, 5.74) is 0. The maximum atomic E-state index is 11.1. The average molecular weight is 211 g/mol. The third-order valence-corrected chi connectivity index (χ3v) is 4.45. The summed E-state index contributed by atoms with van der Waals surface area (Å²) in [5, 5.41) is 9.11. The van der Waals surface area contributed by atoms with E-state index in [1.165, 1.54) is 25.7 Å². The van der Waals surface area contributed by atoms with E-state index in [9.17, 15) is 4.79 Å². The van der Waals surface area contributed by atoms with E-state index in [4.69, 9.17) is 5.11 Å². The summed E-state index contributed by atoms with van der Waals surface area (Å²) in [5.74, 6) is 0.835. The van der Waals surface area contributed by atoms with E-state index < -0.39 is 5.97 Å². The molecule has 1 saturated heterocycles. The summed E-state index contributed by atoms with van der Waals surface area (Å²) in [4.78, 5) is 13.2. The van der Waals surface area contributed by atoms with Crippen LogP contribution in [0, 0.1) is 11.8 Å². The summed E-state index contributed by atoms with van der Waals surface area (Å²) in [6, 6.07) is 0.310. The smallest absolute Gasteiger partial charge is 0.320 e. The van der Waals surface area contributed by atoms with Gasteiger partial charge in [0.25, 0.3) is 0 Å². The van der Waals surface area contributed by atoms with Crippen LogP contribution in [0.1, 0.15) is 39.0 Å². The molecule has 3 nitrogen and oxygen atoms in total. The monoisotopic (exact) mass is 211 g/mol. The molecule has 2 aliphatic rings. The summed E-state index contributed by atoms with van der Waals surface area (Å²) in [7, 11) is 1.98. The molecule has 0 aromatic rings. The van der Waals surface area contributed by atoms with Crippen molar-refractivity contribution in [1.29, 1.82) is 0 Å². The van der Waals surface area contributed by atoms with Gasteiger partial charge in [-0.05, 0) is 44.6 Å². The summed E-state index contributed by atoms with van der Waals surface area (Å²) in [6.07, 6.45) is 5.85. The van der Waals surface area contributed by atoms with Crippen LogP contribution in [0.5, 0.6) is 0 Å². The molecule has 0 spiro atoms. The van der Waals surface area contributed by atoms with E-state index in [-0.39, 0.29) is 6.04 Å². The van der Waals surface area contributed by atoms with Gasteiger partial charge >= 0.3 is 5.97 Å². The molecule has 86 valence electrons. The van der Waals surface area contributed by atoms with Crippen molar-refractivity contribution >= 4 is 5.97 Å². The van der Waals surface area contributed by atoms with Gasteiger partial charge in [0, 0.05) is 6.04 Å². The van der Waals surface area contributed by atoms with Crippen LogP contribution in [0.25, 0.3) is 0 Å². The molecule has 2 fully saturated rings. The Kier molecular flexibility index (Phi) is 3.01. The molecule has 0 bridgehead atoms. The van der Waals surface area contributed by atoms with E-state index in [0.29, 0.717) is 12.0 Å². The SMILES string of the molecule is CCC1CCC2C(C1)CC(C(=O)O)N2C. The normalized spacial score (nSPS) is 41.5. The highest BCUT2D eigenvalue weighted by Gasteiger charge is 2.44. The molecule has 3 heteroatoms. The Bertz CT molecular complexity index is 254. The number of aliphatic carboxylic acids is 1. The van der Waals surface area contributed by atoms with Crippen LogP contribution in [0.2, 0.25) is 0 Å². The van der Waals surface area contributed by atoms with Crippen LogP contribution >= 0.6 is 0 Å². The van der Waals surface area contributed by atoms with Crippen molar-refractivity contribution in [1.82, 2.24) is 4.90 Å². The first-order valence-corrected chi connectivity index (χ1v) is 6.08. The topological polar surface area (TPSA) is 40.5 Å². The number of nitrogens with zero attached hydrogens (tertiary/aromatic N) is 1. The number of hydrogen-bond acceptors (Lipinski definition) is 2. The van der Waals surface area contributed by atoms with Gasteiger partial charge in [0.15, 0.2) is 0 Å². The minimum absolute atomic E-state index is 0.226. The largest absolute Gasteiger partial charge is 0.480 e. The molecule has 0 aromatic heterocycles. The lowest BCUT2D eigenvalue weighted by Crippen LogP contribution is -2.39. The van der Waals surface area contributed by atoms with Crippen LogP contribution < -0.4 is 0 Å². The van der Waals surface area contributed by atoms with Gasteiger partial charge in [-0.2, -0.15) is 0 Å². The van der Waals surface area contributed by atoms with Gasteiger partial charge in [0.1, 0.15) is 6.04 Å². The number of fused-ring (bicyclic) bond motifs is 1. The van der Waals surface area contributed by atoms with Crippen LogP contribution in [-0.4, -0.2) is 35.1 Å². The molecule has 15 heavy (non-hydrogen) atoms. The third-order valence-electron chi connectivity index (χ3n) is 4.45. The Labute approximate surface area is 91.5 Å². The number of likely N-dealkylation sites (N-methyl/N-ethyl adjacent to an activating group) is 1. The zero-order valence-electron chi connectivity index (χ0n) is 9.65. The summed E-state index contributed by atoms with van der Waals surface area (Å²) >= 11 is 0. The molecule has 4 atom stereocenters. The molecule has 1 N–H and O–H groups in total.